The van der Waals surface area contributed by atoms with Crippen molar-refractivity contribution in [2.45, 2.75) is 18.4 Å². The number of allylic oxidation sites excluding steroid dienone is 2. The number of rotatable bonds is 3. The zero-order valence-corrected chi connectivity index (χ0v) is 18.4. The third-order valence-corrected chi connectivity index (χ3v) is 7.19. The molecule has 33 heavy (non-hydrogen) atoms. The van der Waals surface area contributed by atoms with Crippen molar-refractivity contribution in [1.29, 1.82) is 0 Å². The van der Waals surface area contributed by atoms with Crippen molar-refractivity contribution in [2.24, 2.45) is 5.92 Å². The molecule has 2 aliphatic carbocycles. The first-order valence-electron chi connectivity index (χ1n) is 11.1. The van der Waals surface area contributed by atoms with Gasteiger partial charge in [0.2, 0.25) is 0 Å². The highest BCUT2D eigenvalue weighted by atomic mass is 16.5. The van der Waals surface area contributed by atoms with Crippen LogP contribution in [0.4, 0.5) is 5.69 Å². The summed E-state index contributed by atoms with van der Waals surface area (Å²) in [6.45, 7) is 0. The van der Waals surface area contributed by atoms with Gasteiger partial charge in [0.05, 0.1) is 20.3 Å². The molecule has 1 heterocycles. The van der Waals surface area contributed by atoms with E-state index in [0.717, 1.165) is 23.2 Å². The van der Waals surface area contributed by atoms with Crippen LogP contribution in [0.25, 0.3) is 0 Å². The first-order valence-corrected chi connectivity index (χ1v) is 11.1. The van der Waals surface area contributed by atoms with Crippen molar-refractivity contribution < 1.29 is 19.1 Å². The molecule has 3 atom stereocenters. The summed E-state index contributed by atoms with van der Waals surface area (Å²) in [5, 5.41) is 3.68. The maximum absolute atomic E-state index is 13.6. The van der Waals surface area contributed by atoms with Crippen molar-refractivity contribution in [3.8, 4) is 11.5 Å². The molecule has 3 aliphatic rings. The van der Waals surface area contributed by atoms with Crippen molar-refractivity contribution in [2.75, 3.05) is 19.5 Å². The van der Waals surface area contributed by atoms with E-state index < -0.39 is 0 Å². The molecule has 0 spiro atoms. The molecule has 6 rings (SSSR count). The number of fused-ring (bicyclic) bond motifs is 6. The van der Waals surface area contributed by atoms with Crippen LogP contribution in [0, 0.1) is 5.92 Å². The van der Waals surface area contributed by atoms with E-state index >= 15 is 0 Å². The van der Waals surface area contributed by atoms with E-state index in [0.29, 0.717) is 33.8 Å². The third kappa shape index (κ3) is 2.78. The average Bonchev–Trinajstić information content (AvgIpc) is 3.36. The molecule has 0 fully saturated rings. The predicted molar refractivity (Wildman–Crippen MR) is 126 cm³/mol. The number of carbonyl (C=O) groups is 2. The molecular weight excluding hydrogens is 414 g/mol. The van der Waals surface area contributed by atoms with Gasteiger partial charge >= 0.3 is 0 Å². The summed E-state index contributed by atoms with van der Waals surface area (Å²) in [4.78, 5) is 26.8. The van der Waals surface area contributed by atoms with E-state index in [9.17, 15) is 9.59 Å². The van der Waals surface area contributed by atoms with E-state index in [-0.39, 0.29) is 29.4 Å². The predicted octanol–water partition coefficient (Wildman–Crippen LogP) is 5.31. The number of anilines is 1. The Labute approximate surface area is 192 Å². The number of nitrogens with one attached hydrogen (secondary N) is 1. The number of hydrogen-bond donors (Lipinski definition) is 1. The van der Waals surface area contributed by atoms with Gasteiger partial charge in [0.15, 0.2) is 23.1 Å². The standard InChI is InChI=1S/C28H23NO4/c1-32-22-13-10-15(14-23(22)33-2)26-17-9-5-8-16(17)24-21(29-26)12-11-20-25(24)28(31)19-7-4-3-6-18(19)27(20)30/h3-8,10-14,16-17,26,29H,9H2,1-2H3/t16-,17+,26+/m1/s1. The van der Waals surface area contributed by atoms with Crippen molar-refractivity contribution in [3.05, 3.63) is 100 Å². The SMILES string of the molecule is COc1ccc([C@@H]2Nc3ccc4c(c3[C@@H]3C=CC[C@@H]32)C(=O)c2ccccc2C4=O)cc1OC. The minimum absolute atomic E-state index is 0.0389. The number of methoxy groups -OCH3 is 2. The number of carbonyl (C=O) groups excluding carboxylic acids is 2. The Kier molecular flexibility index (Phi) is 4.40. The van der Waals surface area contributed by atoms with Crippen LogP contribution in [0.15, 0.2) is 66.7 Å². The molecule has 0 saturated carbocycles. The first kappa shape index (κ1) is 19.8. The first-order chi connectivity index (χ1) is 16.1. The molecule has 0 aromatic heterocycles. The Morgan fingerprint density at radius 1 is 0.848 bits per heavy atom. The lowest BCUT2D eigenvalue weighted by Gasteiger charge is -2.39. The van der Waals surface area contributed by atoms with E-state index in [2.05, 4.69) is 23.5 Å². The second-order valence-electron chi connectivity index (χ2n) is 8.74. The summed E-state index contributed by atoms with van der Waals surface area (Å²) in [5.74, 6) is 1.51. The molecule has 1 N–H and O–H groups in total. The summed E-state index contributed by atoms with van der Waals surface area (Å²) < 4.78 is 10.9. The molecule has 1 aliphatic heterocycles. The maximum atomic E-state index is 13.6. The van der Waals surface area contributed by atoms with Gasteiger partial charge in [-0.1, -0.05) is 42.5 Å². The monoisotopic (exact) mass is 437 g/mol. The molecule has 3 aromatic carbocycles. The van der Waals surface area contributed by atoms with Crippen molar-refractivity contribution >= 4 is 17.3 Å². The minimum atomic E-state index is -0.0801. The summed E-state index contributed by atoms with van der Waals surface area (Å²) in [6, 6.07) is 16.9. The molecule has 0 radical (unpaired) electrons. The fourth-order valence-corrected chi connectivity index (χ4v) is 5.66. The molecule has 164 valence electrons. The van der Waals surface area contributed by atoms with Gasteiger partial charge in [-0.2, -0.15) is 0 Å². The lowest BCUT2D eigenvalue weighted by atomic mass is 9.71. The molecule has 0 amide bonds. The summed E-state index contributed by atoms with van der Waals surface area (Å²) in [7, 11) is 3.26. The molecule has 0 bridgehead atoms. The number of hydrogen-bond acceptors (Lipinski definition) is 5. The largest absolute Gasteiger partial charge is 0.493 e. The highest BCUT2D eigenvalue weighted by Gasteiger charge is 2.43. The summed E-state index contributed by atoms with van der Waals surface area (Å²) >= 11 is 0. The fraction of sp³-hybridized carbons (Fsp3) is 0.214. The van der Waals surface area contributed by atoms with Crippen molar-refractivity contribution in [1.82, 2.24) is 0 Å². The van der Waals surface area contributed by atoms with Gasteiger partial charge in [-0.3, -0.25) is 9.59 Å². The van der Waals surface area contributed by atoms with Gasteiger partial charge in [0, 0.05) is 33.9 Å². The Balaban J connectivity index is 1.49. The Bertz CT molecular complexity index is 1360. The summed E-state index contributed by atoms with van der Waals surface area (Å²) in [6.07, 6.45) is 5.26. The average molecular weight is 437 g/mol. The Morgan fingerprint density at radius 2 is 1.61 bits per heavy atom. The molecule has 5 heteroatoms. The fourth-order valence-electron chi connectivity index (χ4n) is 5.66. The second kappa shape index (κ2) is 7.34. The zero-order chi connectivity index (χ0) is 22.7. The maximum Gasteiger partial charge on any atom is 0.194 e. The third-order valence-electron chi connectivity index (χ3n) is 7.19. The zero-order valence-electron chi connectivity index (χ0n) is 18.4. The smallest absolute Gasteiger partial charge is 0.194 e. The topological polar surface area (TPSA) is 64.6 Å². The highest BCUT2D eigenvalue weighted by Crippen LogP contribution is 2.52. The van der Waals surface area contributed by atoms with Gasteiger partial charge in [-0.15, -0.1) is 0 Å². The van der Waals surface area contributed by atoms with Crippen LogP contribution in [-0.2, 0) is 0 Å². The van der Waals surface area contributed by atoms with Crippen LogP contribution in [0.3, 0.4) is 0 Å². The second-order valence-corrected chi connectivity index (χ2v) is 8.74. The molecule has 0 unspecified atom stereocenters. The van der Waals surface area contributed by atoms with E-state index in [4.69, 9.17) is 9.47 Å². The van der Waals surface area contributed by atoms with E-state index in [1.54, 1.807) is 38.5 Å². The van der Waals surface area contributed by atoms with Gasteiger partial charge in [0.1, 0.15) is 0 Å². The van der Waals surface area contributed by atoms with Crippen molar-refractivity contribution in [3.63, 3.8) is 0 Å². The normalized spacial score (nSPS) is 22.1. The van der Waals surface area contributed by atoms with Crippen LogP contribution in [0.5, 0.6) is 11.5 Å². The van der Waals surface area contributed by atoms with Gasteiger partial charge in [-0.05, 0) is 47.7 Å². The van der Waals surface area contributed by atoms with E-state index in [1.165, 1.54) is 0 Å². The Hall–Kier alpha value is -3.86. The minimum Gasteiger partial charge on any atom is -0.493 e. The number of ether oxygens (including phenoxy) is 2. The van der Waals surface area contributed by atoms with Crippen LogP contribution in [-0.4, -0.2) is 25.8 Å². The van der Waals surface area contributed by atoms with Gasteiger partial charge < -0.3 is 14.8 Å². The number of ketones is 2. The lowest BCUT2D eigenvalue weighted by Crippen LogP contribution is -2.32. The molecular formula is C28H23NO4. The molecule has 3 aromatic rings. The lowest BCUT2D eigenvalue weighted by molar-refractivity contribution is 0.0978. The van der Waals surface area contributed by atoms with Gasteiger partial charge in [-0.25, -0.2) is 0 Å². The Morgan fingerprint density at radius 3 is 2.36 bits per heavy atom. The van der Waals surface area contributed by atoms with Crippen LogP contribution < -0.4 is 14.8 Å². The number of benzene rings is 3. The van der Waals surface area contributed by atoms with E-state index in [1.807, 2.05) is 24.3 Å². The van der Waals surface area contributed by atoms with Crippen LogP contribution in [0.1, 0.15) is 61.4 Å². The molecule has 5 nitrogen and oxygen atoms in total. The van der Waals surface area contributed by atoms with Crippen LogP contribution >= 0.6 is 0 Å². The van der Waals surface area contributed by atoms with Crippen LogP contribution in [0.2, 0.25) is 0 Å². The summed E-state index contributed by atoms with van der Waals surface area (Å²) in [5.41, 5.74) is 4.98. The molecule has 0 saturated heterocycles. The van der Waals surface area contributed by atoms with Gasteiger partial charge in [0.25, 0.3) is 0 Å². The quantitative estimate of drug-likeness (QED) is 0.440. The highest BCUT2D eigenvalue weighted by molar-refractivity contribution is 6.29.